The minimum atomic E-state index is -4.40. The van der Waals surface area contributed by atoms with Crippen LogP contribution in [0.25, 0.3) is 0 Å². The van der Waals surface area contributed by atoms with Gasteiger partial charge in [-0.3, -0.25) is 0 Å². The molecule has 1 saturated heterocycles. The van der Waals surface area contributed by atoms with Gasteiger partial charge >= 0.3 is 6.18 Å². The fourth-order valence-corrected chi connectivity index (χ4v) is 2.39. The lowest BCUT2D eigenvalue weighted by Crippen LogP contribution is -2.39. The zero-order chi connectivity index (χ0) is 14.9. The highest BCUT2D eigenvalue weighted by atomic mass is 19.4. The smallest absolute Gasteiger partial charge is 0.356 e. The minimum absolute atomic E-state index is 0.0288. The van der Waals surface area contributed by atoms with Crippen molar-refractivity contribution in [3.8, 4) is 0 Å². The second-order valence-corrected chi connectivity index (χ2v) is 5.43. The third-order valence-corrected chi connectivity index (χ3v) is 3.95. The zero-order valence-corrected chi connectivity index (χ0v) is 11.5. The summed E-state index contributed by atoms with van der Waals surface area (Å²) >= 11 is 0. The summed E-state index contributed by atoms with van der Waals surface area (Å²) in [5.74, 6) is 6.56. The summed E-state index contributed by atoms with van der Waals surface area (Å²) in [6, 6.07) is 2.00. The molecule has 0 amide bonds. The molecule has 2 rings (SSSR count). The van der Waals surface area contributed by atoms with E-state index < -0.39 is 11.7 Å². The second kappa shape index (κ2) is 5.47. The maximum Gasteiger partial charge on any atom is 0.416 e. The summed E-state index contributed by atoms with van der Waals surface area (Å²) in [5.41, 5.74) is 1.47. The van der Waals surface area contributed by atoms with Crippen LogP contribution in [0.1, 0.15) is 25.8 Å². The molecule has 1 fully saturated rings. The van der Waals surface area contributed by atoms with E-state index in [1.807, 2.05) is 4.90 Å². The molecular formula is C13H19F3N4. The van der Waals surface area contributed by atoms with E-state index in [1.54, 1.807) is 0 Å². The summed E-state index contributed by atoms with van der Waals surface area (Å²) in [6.45, 7) is 5.68. The van der Waals surface area contributed by atoms with Crippen molar-refractivity contribution in [2.24, 2.45) is 17.7 Å². The number of nitrogen functional groups attached to an aromatic ring is 1. The van der Waals surface area contributed by atoms with Gasteiger partial charge in [-0.15, -0.1) is 0 Å². The van der Waals surface area contributed by atoms with E-state index in [1.165, 1.54) is 0 Å². The Morgan fingerprint density at radius 1 is 1.30 bits per heavy atom. The molecule has 0 aliphatic carbocycles. The highest BCUT2D eigenvalue weighted by molar-refractivity contribution is 5.51. The second-order valence-electron chi connectivity index (χ2n) is 5.43. The molecule has 112 valence electrons. The number of nitrogens with zero attached hydrogens (tertiary/aromatic N) is 2. The molecule has 7 heteroatoms. The summed E-state index contributed by atoms with van der Waals surface area (Å²) in [4.78, 5) is 6.03. The van der Waals surface area contributed by atoms with Crippen LogP contribution >= 0.6 is 0 Å². The monoisotopic (exact) mass is 288 g/mol. The van der Waals surface area contributed by atoms with Crippen molar-refractivity contribution < 1.29 is 13.2 Å². The van der Waals surface area contributed by atoms with Gasteiger partial charge in [0.25, 0.3) is 0 Å². The molecule has 20 heavy (non-hydrogen) atoms. The van der Waals surface area contributed by atoms with Crippen LogP contribution < -0.4 is 16.2 Å². The summed E-state index contributed by atoms with van der Waals surface area (Å²) in [7, 11) is 0. The van der Waals surface area contributed by atoms with E-state index in [2.05, 4.69) is 24.3 Å². The number of nitrogens with one attached hydrogen (secondary N) is 1. The first-order valence-electron chi connectivity index (χ1n) is 6.62. The highest BCUT2D eigenvalue weighted by Gasteiger charge is 2.33. The van der Waals surface area contributed by atoms with Crippen LogP contribution in [0.2, 0.25) is 0 Å². The van der Waals surface area contributed by atoms with Crippen molar-refractivity contribution in [3.05, 3.63) is 17.7 Å². The number of alkyl halides is 3. The Bertz CT molecular complexity index is 475. The number of piperidine rings is 1. The average molecular weight is 288 g/mol. The number of hydrogen-bond donors (Lipinski definition) is 2. The zero-order valence-electron chi connectivity index (χ0n) is 11.5. The van der Waals surface area contributed by atoms with E-state index in [0.717, 1.165) is 18.6 Å². The molecule has 2 unspecified atom stereocenters. The number of anilines is 2. The van der Waals surface area contributed by atoms with E-state index in [-0.39, 0.29) is 5.82 Å². The van der Waals surface area contributed by atoms with Gasteiger partial charge in [0.1, 0.15) is 11.6 Å². The molecule has 0 aromatic carbocycles. The summed E-state index contributed by atoms with van der Waals surface area (Å²) < 4.78 is 38.6. The first kappa shape index (κ1) is 14.9. The molecule has 4 nitrogen and oxygen atoms in total. The van der Waals surface area contributed by atoms with Crippen LogP contribution in [-0.2, 0) is 6.18 Å². The number of nitrogens with two attached hydrogens (primary N) is 1. The fourth-order valence-electron chi connectivity index (χ4n) is 2.39. The van der Waals surface area contributed by atoms with Gasteiger partial charge in [0, 0.05) is 13.1 Å². The van der Waals surface area contributed by atoms with Gasteiger partial charge in [0.2, 0.25) is 0 Å². The maximum absolute atomic E-state index is 12.9. The largest absolute Gasteiger partial charge is 0.416 e. The topological polar surface area (TPSA) is 54.2 Å². The van der Waals surface area contributed by atoms with Crippen molar-refractivity contribution in [1.82, 2.24) is 4.98 Å². The van der Waals surface area contributed by atoms with Crippen molar-refractivity contribution in [2.45, 2.75) is 26.4 Å². The number of aromatic nitrogens is 1. The quantitative estimate of drug-likeness (QED) is 0.649. The Labute approximate surface area is 116 Å². The molecule has 0 radical (unpaired) electrons. The Morgan fingerprint density at radius 2 is 2.00 bits per heavy atom. The predicted octanol–water partition coefficient (Wildman–Crippen LogP) is 2.87. The van der Waals surface area contributed by atoms with Gasteiger partial charge in [-0.05, 0) is 30.4 Å². The van der Waals surface area contributed by atoms with Gasteiger partial charge in [0.05, 0.1) is 5.56 Å². The van der Waals surface area contributed by atoms with Crippen molar-refractivity contribution in [3.63, 3.8) is 0 Å². The Morgan fingerprint density at radius 3 is 2.55 bits per heavy atom. The molecular weight excluding hydrogens is 269 g/mol. The molecule has 0 bridgehead atoms. The molecule has 1 aliphatic rings. The number of hydrogen-bond acceptors (Lipinski definition) is 4. The van der Waals surface area contributed by atoms with Crippen LogP contribution in [0.4, 0.5) is 24.8 Å². The van der Waals surface area contributed by atoms with E-state index in [9.17, 15) is 13.2 Å². The molecule has 0 spiro atoms. The van der Waals surface area contributed by atoms with E-state index >= 15 is 0 Å². The van der Waals surface area contributed by atoms with E-state index in [0.29, 0.717) is 30.7 Å². The SMILES string of the molecule is CC1CCN(c2cc(C(F)(F)F)cc(NN)n2)CC1C. The normalized spacial score (nSPS) is 23.8. The standard InChI is InChI=1S/C13H19F3N4/c1-8-3-4-20(7-9(8)2)12-6-10(13(14,15)16)5-11(18-12)19-17/h5-6,8-9H,3-4,7,17H2,1-2H3,(H,18,19). The third kappa shape index (κ3) is 3.15. The molecule has 2 atom stereocenters. The molecule has 1 aliphatic heterocycles. The van der Waals surface area contributed by atoms with Crippen molar-refractivity contribution in [1.29, 1.82) is 0 Å². The van der Waals surface area contributed by atoms with Crippen LogP contribution in [0.3, 0.4) is 0 Å². The Kier molecular flexibility index (Phi) is 4.08. The van der Waals surface area contributed by atoms with Crippen LogP contribution in [-0.4, -0.2) is 18.1 Å². The van der Waals surface area contributed by atoms with Crippen LogP contribution in [0, 0.1) is 11.8 Å². The Balaban J connectivity index is 2.31. The predicted molar refractivity (Wildman–Crippen MR) is 72.2 cm³/mol. The van der Waals surface area contributed by atoms with Crippen LogP contribution in [0.5, 0.6) is 0 Å². The van der Waals surface area contributed by atoms with Crippen molar-refractivity contribution in [2.75, 3.05) is 23.4 Å². The van der Waals surface area contributed by atoms with Gasteiger partial charge in [0.15, 0.2) is 0 Å². The third-order valence-electron chi connectivity index (χ3n) is 3.95. The molecule has 1 aromatic rings. The number of rotatable bonds is 2. The number of pyridine rings is 1. The lowest BCUT2D eigenvalue weighted by Gasteiger charge is -2.36. The lowest BCUT2D eigenvalue weighted by molar-refractivity contribution is -0.137. The van der Waals surface area contributed by atoms with Gasteiger partial charge < -0.3 is 10.3 Å². The summed E-state index contributed by atoms with van der Waals surface area (Å²) in [5, 5.41) is 0. The molecule has 1 aromatic heterocycles. The fraction of sp³-hybridized carbons (Fsp3) is 0.615. The first-order valence-corrected chi connectivity index (χ1v) is 6.62. The number of hydrazine groups is 1. The van der Waals surface area contributed by atoms with Gasteiger partial charge in [-0.2, -0.15) is 13.2 Å². The minimum Gasteiger partial charge on any atom is -0.356 e. The van der Waals surface area contributed by atoms with E-state index in [4.69, 9.17) is 5.84 Å². The van der Waals surface area contributed by atoms with Crippen LogP contribution in [0.15, 0.2) is 12.1 Å². The number of halogens is 3. The van der Waals surface area contributed by atoms with Crippen molar-refractivity contribution >= 4 is 11.6 Å². The molecule has 0 saturated carbocycles. The van der Waals surface area contributed by atoms with Gasteiger partial charge in [-0.25, -0.2) is 10.8 Å². The summed E-state index contributed by atoms with van der Waals surface area (Å²) in [6.07, 6.45) is -3.46. The molecule has 2 heterocycles. The highest BCUT2D eigenvalue weighted by Crippen LogP contribution is 2.34. The molecule has 3 N–H and O–H groups in total. The lowest BCUT2D eigenvalue weighted by atomic mass is 9.89. The van der Waals surface area contributed by atoms with Gasteiger partial charge in [-0.1, -0.05) is 13.8 Å². The Hall–Kier alpha value is -1.50. The average Bonchev–Trinajstić information content (AvgIpc) is 2.40. The first-order chi connectivity index (χ1) is 9.31. The maximum atomic E-state index is 12.9.